The van der Waals surface area contributed by atoms with Crippen LogP contribution in [0.25, 0.3) is 11.1 Å². The van der Waals surface area contributed by atoms with Crippen LogP contribution >= 0.6 is 0 Å². The van der Waals surface area contributed by atoms with Gasteiger partial charge in [0.25, 0.3) is 0 Å². The maximum Gasteiger partial charge on any atom is 0.0367 e. The topological polar surface area (TPSA) is 39.0 Å². The Balaban J connectivity index is 1.15. The number of anilines is 1. The molecule has 2 aliphatic heterocycles. The summed E-state index contributed by atoms with van der Waals surface area (Å²) in [5, 5.41) is 0. The number of nitrogens with zero attached hydrogens (tertiary/aromatic N) is 4. The Morgan fingerprint density at radius 1 is 0.718 bits per heavy atom. The Morgan fingerprint density at radius 3 is 2.03 bits per heavy atom. The minimum atomic E-state index is 0.843. The molecule has 2 saturated heterocycles. The maximum absolute atomic E-state index is 5.57. The first-order valence-electron chi connectivity index (χ1n) is 15.6. The molecule has 0 unspecified atom stereocenters. The second-order valence-electron chi connectivity index (χ2n) is 11.7. The van der Waals surface area contributed by atoms with E-state index in [-0.39, 0.29) is 0 Å². The third kappa shape index (κ3) is 9.66. The lowest BCUT2D eigenvalue weighted by Gasteiger charge is -2.37. The van der Waals surface area contributed by atoms with E-state index in [1.165, 1.54) is 79.4 Å². The summed E-state index contributed by atoms with van der Waals surface area (Å²) in [6.45, 7) is 15.3. The summed E-state index contributed by atoms with van der Waals surface area (Å²) >= 11 is 0. The zero-order valence-electron chi connectivity index (χ0n) is 24.6. The summed E-state index contributed by atoms with van der Waals surface area (Å²) in [4.78, 5) is 10.0. The smallest absolute Gasteiger partial charge is 0.0367 e. The first-order valence-corrected chi connectivity index (χ1v) is 15.6. The standard InChI is InChI=1S/C34H53N5/c1-30(12-9-7-5-3-4-6-8-10-19-35)38-26-22-37(23-27-38)29-31-13-11-14-33(28-31)32-15-17-34(18-16-32)39-24-20-36(2)21-25-39/h11,13-18,28H,1,3-10,12,19-27,29,35H2,2H3. The summed E-state index contributed by atoms with van der Waals surface area (Å²) in [7, 11) is 2.21. The molecule has 2 N–H and O–H groups in total. The van der Waals surface area contributed by atoms with Crippen LogP contribution in [0.1, 0.15) is 63.4 Å². The van der Waals surface area contributed by atoms with Crippen LogP contribution in [0.5, 0.6) is 0 Å². The maximum atomic E-state index is 5.57. The van der Waals surface area contributed by atoms with E-state index in [9.17, 15) is 0 Å². The van der Waals surface area contributed by atoms with Gasteiger partial charge in [0.15, 0.2) is 0 Å². The van der Waals surface area contributed by atoms with E-state index in [2.05, 4.69) is 81.8 Å². The van der Waals surface area contributed by atoms with Crippen LogP contribution in [0, 0.1) is 0 Å². The molecule has 39 heavy (non-hydrogen) atoms. The second-order valence-corrected chi connectivity index (χ2v) is 11.7. The zero-order chi connectivity index (χ0) is 27.3. The molecule has 0 saturated carbocycles. The quantitative estimate of drug-likeness (QED) is 0.277. The first-order chi connectivity index (χ1) is 19.1. The van der Waals surface area contributed by atoms with Crippen molar-refractivity contribution in [2.45, 2.75) is 64.3 Å². The van der Waals surface area contributed by atoms with Gasteiger partial charge in [-0.3, -0.25) is 4.90 Å². The van der Waals surface area contributed by atoms with Crippen molar-refractivity contribution in [2.75, 3.05) is 70.9 Å². The lowest BCUT2D eigenvalue weighted by Crippen LogP contribution is -2.45. The molecule has 0 spiro atoms. The Hall–Kier alpha value is -2.34. The first kappa shape index (κ1) is 29.6. The van der Waals surface area contributed by atoms with Crippen LogP contribution in [0.4, 0.5) is 5.69 Å². The highest BCUT2D eigenvalue weighted by Crippen LogP contribution is 2.25. The predicted molar refractivity (Wildman–Crippen MR) is 168 cm³/mol. The van der Waals surface area contributed by atoms with Crippen LogP contribution in [0.3, 0.4) is 0 Å². The third-order valence-electron chi connectivity index (χ3n) is 8.64. The van der Waals surface area contributed by atoms with E-state index in [1.807, 2.05) is 0 Å². The van der Waals surface area contributed by atoms with Crippen molar-refractivity contribution in [3.05, 3.63) is 66.4 Å². The SMILES string of the molecule is C=C(CCCCCCCCCCN)N1CCN(Cc2cccc(-c3ccc(N4CCN(C)CC4)cc3)c2)CC1. The van der Waals surface area contributed by atoms with E-state index < -0.39 is 0 Å². The molecule has 2 aromatic carbocycles. The number of allylic oxidation sites excluding steroid dienone is 1. The molecule has 2 aromatic rings. The molecule has 2 aliphatic rings. The fraction of sp³-hybridized carbons (Fsp3) is 0.588. The number of hydrogen-bond donors (Lipinski definition) is 1. The average molecular weight is 532 g/mol. The summed E-state index contributed by atoms with van der Waals surface area (Å²) in [6, 6.07) is 18.3. The van der Waals surface area contributed by atoms with Crippen molar-refractivity contribution in [1.29, 1.82) is 0 Å². The van der Waals surface area contributed by atoms with E-state index in [0.29, 0.717) is 0 Å². The number of hydrogen-bond acceptors (Lipinski definition) is 5. The van der Waals surface area contributed by atoms with Crippen molar-refractivity contribution < 1.29 is 0 Å². The lowest BCUT2D eigenvalue weighted by molar-refractivity contribution is 0.150. The van der Waals surface area contributed by atoms with Gasteiger partial charge in [0, 0.05) is 70.3 Å². The number of unbranched alkanes of at least 4 members (excludes halogenated alkanes) is 7. The highest BCUT2D eigenvalue weighted by Gasteiger charge is 2.18. The van der Waals surface area contributed by atoms with Crippen molar-refractivity contribution in [2.24, 2.45) is 5.73 Å². The van der Waals surface area contributed by atoms with Gasteiger partial charge in [-0.15, -0.1) is 0 Å². The molecule has 0 aromatic heterocycles. The molecule has 0 aliphatic carbocycles. The van der Waals surface area contributed by atoms with E-state index in [4.69, 9.17) is 5.73 Å². The van der Waals surface area contributed by atoms with Gasteiger partial charge in [-0.05, 0) is 67.7 Å². The van der Waals surface area contributed by atoms with E-state index in [0.717, 1.165) is 71.9 Å². The molecular weight excluding hydrogens is 478 g/mol. The Morgan fingerprint density at radius 2 is 1.36 bits per heavy atom. The largest absolute Gasteiger partial charge is 0.373 e. The Bertz CT molecular complexity index is 971. The van der Waals surface area contributed by atoms with Gasteiger partial charge in [0.1, 0.15) is 0 Å². The molecule has 0 amide bonds. The van der Waals surface area contributed by atoms with Gasteiger partial charge in [-0.1, -0.05) is 75.4 Å². The molecule has 0 bridgehead atoms. The Labute approximate surface area is 238 Å². The molecule has 4 rings (SSSR count). The number of likely N-dealkylation sites (N-methyl/N-ethyl adjacent to an activating group) is 1. The summed E-state index contributed by atoms with van der Waals surface area (Å²) in [5.74, 6) is 0. The highest BCUT2D eigenvalue weighted by molar-refractivity contribution is 5.67. The molecule has 214 valence electrons. The number of rotatable bonds is 15. The molecule has 2 heterocycles. The van der Waals surface area contributed by atoms with Crippen LogP contribution < -0.4 is 10.6 Å². The average Bonchev–Trinajstić information content (AvgIpc) is 2.97. The van der Waals surface area contributed by atoms with Gasteiger partial charge >= 0.3 is 0 Å². The minimum absolute atomic E-state index is 0.843. The van der Waals surface area contributed by atoms with Crippen LogP contribution in [-0.2, 0) is 6.54 Å². The fourth-order valence-corrected chi connectivity index (χ4v) is 5.95. The second kappa shape index (κ2) is 16.1. The van der Waals surface area contributed by atoms with E-state index in [1.54, 1.807) is 0 Å². The minimum Gasteiger partial charge on any atom is -0.373 e. The van der Waals surface area contributed by atoms with Crippen molar-refractivity contribution in [3.63, 3.8) is 0 Å². The molecule has 2 fully saturated rings. The monoisotopic (exact) mass is 531 g/mol. The number of nitrogens with two attached hydrogens (primary N) is 1. The van der Waals surface area contributed by atoms with Gasteiger partial charge in [-0.25, -0.2) is 0 Å². The summed E-state index contributed by atoms with van der Waals surface area (Å²) in [6.07, 6.45) is 11.7. The van der Waals surface area contributed by atoms with Crippen molar-refractivity contribution >= 4 is 5.69 Å². The normalized spacial score (nSPS) is 17.1. The van der Waals surface area contributed by atoms with Crippen molar-refractivity contribution in [1.82, 2.24) is 14.7 Å². The lowest BCUT2D eigenvalue weighted by atomic mass is 10.0. The fourth-order valence-electron chi connectivity index (χ4n) is 5.95. The third-order valence-corrected chi connectivity index (χ3v) is 8.64. The van der Waals surface area contributed by atoms with Crippen molar-refractivity contribution in [3.8, 4) is 11.1 Å². The zero-order valence-corrected chi connectivity index (χ0v) is 24.6. The molecule has 5 nitrogen and oxygen atoms in total. The highest BCUT2D eigenvalue weighted by atomic mass is 15.3. The molecule has 0 atom stereocenters. The van der Waals surface area contributed by atoms with Gasteiger partial charge in [0.2, 0.25) is 0 Å². The molecule has 0 radical (unpaired) electrons. The van der Waals surface area contributed by atoms with Gasteiger partial charge in [-0.2, -0.15) is 0 Å². The number of piperazine rings is 2. The predicted octanol–water partition coefficient (Wildman–Crippen LogP) is 6.21. The molecule has 5 heteroatoms. The summed E-state index contributed by atoms with van der Waals surface area (Å²) < 4.78 is 0. The Kier molecular flexibility index (Phi) is 12.2. The van der Waals surface area contributed by atoms with Crippen LogP contribution in [-0.4, -0.2) is 80.7 Å². The van der Waals surface area contributed by atoms with Gasteiger partial charge in [0.05, 0.1) is 0 Å². The molecular formula is C34H53N5. The number of benzene rings is 2. The van der Waals surface area contributed by atoms with Gasteiger partial charge < -0.3 is 20.4 Å². The van der Waals surface area contributed by atoms with E-state index >= 15 is 0 Å². The summed E-state index contributed by atoms with van der Waals surface area (Å²) in [5.41, 5.74) is 12.3. The van der Waals surface area contributed by atoms with Crippen LogP contribution in [0.15, 0.2) is 60.8 Å². The van der Waals surface area contributed by atoms with Crippen LogP contribution in [0.2, 0.25) is 0 Å².